The molecule has 0 saturated heterocycles. The van der Waals surface area contributed by atoms with Gasteiger partial charge in [0.2, 0.25) is 0 Å². The fraction of sp³-hybridized carbons (Fsp3) is 0.188. The Morgan fingerprint density at radius 1 is 1.33 bits per heavy atom. The first-order chi connectivity index (χ1) is 9.99. The maximum absolute atomic E-state index is 13.7. The lowest BCUT2D eigenvalue weighted by Crippen LogP contribution is -2.01. The number of benzene rings is 1. The van der Waals surface area contributed by atoms with Gasteiger partial charge in [0.15, 0.2) is 0 Å². The van der Waals surface area contributed by atoms with Crippen molar-refractivity contribution < 1.29 is 4.39 Å². The number of aromatic nitrogens is 1. The van der Waals surface area contributed by atoms with Crippen molar-refractivity contribution in [1.29, 1.82) is 0 Å². The third kappa shape index (κ3) is 2.63. The summed E-state index contributed by atoms with van der Waals surface area (Å²) >= 11 is 15.8. The molecule has 0 N–H and O–H groups in total. The van der Waals surface area contributed by atoms with Gasteiger partial charge in [0.05, 0.1) is 10.7 Å². The van der Waals surface area contributed by atoms with E-state index in [1.165, 1.54) is 6.07 Å². The molecule has 0 spiro atoms. The molecule has 0 aliphatic heterocycles. The molecule has 0 unspecified atom stereocenters. The number of halogens is 4. The highest BCUT2D eigenvalue weighted by Gasteiger charge is 2.25. The van der Waals surface area contributed by atoms with E-state index in [0.29, 0.717) is 10.6 Å². The fourth-order valence-corrected chi connectivity index (χ4v) is 3.73. The van der Waals surface area contributed by atoms with E-state index in [1.807, 2.05) is 13.0 Å². The number of pyridine rings is 1. The van der Waals surface area contributed by atoms with Gasteiger partial charge in [-0.25, -0.2) is 4.39 Å². The van der Waals surface area contributed by atoms with Gasteiger partial charge in [-0.15, -0.1) is 0 Å². The molecule has 1 heterocycles. The van der Waals surface area contributed by atoms with Crippen LogP contribution in [-0.2, 0) is 6.42 Å². The van der Waals surface area contributed by atoms with Crippen molar-refractivity contribution in [2.24, 2.45) is 0 Å². The minimum absolute atomic E-state index is 0.0901. The minimum atomic E-state index is -0.450. The lowest BCUT2D eigenvalue weighted by atomic mass is 9.90. The molecule has 0 saturated carbocycles. The lowest BCUT2D eigenvalue weighted by molar-refractivity contribution is 0.625. The van der Waals surface area contributed by atoms with Gasteiger partial charge in [0, 0.05) is 33.6 Å². The van der Waals surface area contributed by atoms with Crippen molar-refractivity contribution in [3.8, 4) is 0 Å². The first kappa shape index (κ1) is 15.0. The molecule has 2 aromatic rings. The Bertz CT molecular complexity index is 758. The molecule has 0 bridgehead atoms. The summed E-state index contributed by atoms with van der Waals surface area (Å²) in [6.45, 7) is 1.98. The predicted octanol–water partition coefficient (Wildman–Crippen LogP) is 6.03. The standard InChI is InChI=1S/C16H11BrCl2FN/c1-8(15-12(18)3-4-13(20)16(15)19)10-2-5-14-11(10)6-9(17)7-21-14/h2-4,6-8H,5H2,1H3/t8-/m0/s1. The topological polar surface area (TPSA) is 12.9 Å². The molecule has 1 atom stereocenters. The highest BCUT2D eigenvalue weighted by Crippen LogP contribution is 2.43. The van der Waals surface area contributed by atoms with Crippen molar-refractivity contribution in [1.82, 2.24) is 4.98 Å². The lowest BCUT2D eigenvalue weighted by Gasteiger charge is -2.18. The molecular formula is C16H11BrCl2FN. The molecular weight excluding hydrogens is 376 g/mol. The van der Waals surface area contributed by atoms with Gasteiger partial charge in [0.25, 0.3) is 0 Å². The number of hydrogen-bond acceptors (Lipinski definition) is 1. The second-order valence-corrected chi connectivity index (χ2v) is 6.69. The summed E-state index contributed by atoms with van der Waals surface area (Å²) < 4.78 is 14.7. The molecule has 1 aromatic carbocycles. The Labute approximate surface area is 140 Å². The zero-order chi connectivity index (χ0) is 15.1. The second-order valence-electron chi connectivity index (χ2n) is 4.99. The van der Waals surface area contributed by atoms with E-state index in [-0.39, 0.29) is 10.9 Å². The van der Waals surface area contributed by atoms with Crippen molar-refractivity contribution in [3.63, 3.8) is 0 Å². The molecule has 1 aromatic heterocycles. The van der Waals surface area contributed by atoms with Crippen LogP contribution >= 0.6 is 39.1 Å². The molecule has 0 fully saturated rings. The average molecular weight is 387 g/mol. The molecule has 21 heavy (non-hydrogen) atoms. The van der Waals surface area contributed by atoms with Crippen molar-refractivity contribution in [2.75, 3.05) is 0 Å². The summed E-state index contributed by atoms with van der Waals surface area (Å²) in [5.74, 6) is -0.549. The van der Waals surface area contributed by atoms with Crippen LogP contribution < -0.4 is 0 Å². The van der Waals surface area contributed by atoms with E-state index in [4.69, 9.17) is 23.2 Å². The van der Waals surface area contributed by atoms with Gasteiger partial charge in [-0.1, -0.05) is 36.2 Å². The Balaban J connectivity index is 2.08. The molecule has 5 heteroatoms. The van der Waals surface area contributed by atoms with Crippen LogP contribution in [-0.4, -0.2) is 4.98 Å². The molecule has 0 amide bonds. The first-order valence-electron chi connectivity index (χ1n) is 6.47. The van der Waals surface area contributed by atoms with Crippen LogP contribution in [0.25, 0.3) is 5.57 Å². The van der Waals surface area contributed by atoms with Gasteiger partial charge in [-0.05, 0) is 45.3 Å². The van der Waals surface area contributed by atoms with Gasteiger partial charge >= 0.3 is 0 Å². The van der Waals surface area contributed by atoms with Crippen LogP contribution in [0.3, 0.4) is 0 Å². The van der Waals surface area contributed by atoms with Crippen LogP contribution in [0.5, 0.6) is 0 Å². The van der Waals surface area contributed by atoms with Crippen LogP contribution in [0.2, 0.25) is 10.0 Å². The van der Waals surface area contributed by atoms with Gasteiger partial charge < -0.3 is 0 Å². The summed E-state index contributed by atoms with van der Waals surface area (Å²) in [6, 6.07) is 4.86. The van der Waals surface area contributed by atoms with Gasteiger partial charge in [0.1, 0.15) is 5.82 Å². The van der Waals surface area contributed by atoms with E-state index in [1.54, 1.807) is 12.3 Å². The number of hydrogen-bond donors (Lipinski definition) is 0. The Morgan fingerprint density at radius 2 is 2.10 bits per heavy atom. The van der Waals surface area contributed by atoms with Gasteiger partial charge in [-0.3, -0.25) is 4.98 Å². The van der Waals surface area contributed by atoms with E-state index in [2.05, 4.69) is 27.0 Å². The smallest absolute Gasteiger partial charge is 0.142 e. The molecule has 1 aliphatic rings. The molecule has 108 valence electrons. The highest BCUT2D eigenvalue weighted by atomic mass is 79.9. The van der Waals surface area contributed by atoms with Crippen molar-refractivity contribution in [2.45, 2.75) is 19.3 Å². The largest absolute Gasteiger partial charge is 0.259 e. The quantitative estimate of drug-likeness (QED) is 0.574. The zero-order valence-corrected chi connectivity index (χ0v) is 14.2. The highest BCUT2D eigenvalue weighted by molar-refractivity contribution is 9.10. The van der Waals surface area contributed by atoms with E-state index in [0.717, 1.165) is 27.7 Å². The first-order valence-corrected chi connectivity index (χ1v) is 8.02. The Morgan fingerprint density at radius 3 is 2.86 bits per heavy atom. The molecule has 3 rings (SSSR count). The molecule has 1 nitrogen and oxygen atoms in total. The number of allylic oxidation sites excluding steroid dienone is 2. The summed E-state index contributed by atoms with van der Waals surface area (Å²) in [5, 5.41) is 0.568. The predicted molar refractivity (Wildman–Crippen MR) is 88.5 cm³/mol. The van der Waals surface area contributed by atoms with Crippen LogP contribution in [0.15, 0.2) is 34.9 Å². The van der Waals surface area contributed by atoms with Gasteiger partial charge in [-0.2, -0.15) is 0 Å². The average Bonchev–Trinajstić information content (AvgIpc) is 2.86. The summed E-state index contributed by atoms with van der Waals surface area (Å²) in [7, 11) is 0. The van der Waals surface area contributed by atoms with Crippen LogP contribution in [0.4, 0.5) is 4.39 Å². The fourth-order valence-electron chi connectivity index (χ4n) is 2.70. The van der Waals surface area contributed by atoms with E-state index >= 15 is 0 Å². The molecule has 1 aliphatic carbocycles. The number of fused-ring (bicyclic) bond motifs is 1. The summed E-state index contributed by atoms with van der Waals surface area (Å²) in [5.41, 5.74) is 3.78. The maximum Gasteiger partial charge on any atom is 0.142 e. The van der Waals surface area contributed by atoms with E-state index in [9.17, 15) is 4.39 Å². The zero-order valence-electron chi connectivity index (χ0n) is 11.1. The normalized spacial score (nSPS) is 14.8. The summed E-state index contributed by atoms with van der Waals surface area (Å²) in [6.07, 6.45) is 4.65. The number of rotatable bonds is 2. The monoisotopic (exact) mass is 385 g/mol. The minimum Gasteiger partial charge on any atom is -0.259 e. The third-order valence-corrected chi connectivity index (χ3v) is 4.89. The third-order valence-electron chi connectivity index (χ3n) is 3.74. The SMILES string of the molecule is C[C@@H](C1=CCc2ncc(Br)cc21)c1c(Cl)ccc(F)c1Cl. The van der Waals surface area contributed by atoms with Crippen molar-refractivity contribution >= 4 is 44.7 Å². The Kier molecular flexibility index (Phi) is 4.08. The van der Waals surface area contributed by atoms with Crippen LogP contribution in [0.1, 0.15) is 29.7 Å². The second kappa shape index (κ2) is 5.71. The molecule has 0 radical (unpaired) electrons. The van der Waals surface area contributed by atoms with E-state index < -0.39 is 5.82 Å². The Hall–Kier alpha value is -0.900. The number of nitrogens with zero attached hydrogens (tertiary/aromatic N) is 1. The van der Waals surface area contributed by atoms with Crippen molar-refractivity contribution in [3.05, 3.63) is 67.6 Å². The summed E-state index contributed by atoms with van der Waals surface area (Å²) in [4.78, 5) is 4.41. The van der Waals surface area contributed by atoms with Crippen LogP contribution in [0, 0.1) is 5.82 Å². The maximum atomic E-state index is 13.7.